The molecule has 0 aliphatic rings. The molecule has 0 aromatic heterocycles. The molecular formula is C13H20ClNO. The molecule has 1 rings (SSSR count). The van der Waals surface area contributed by atoms with Gasteiger partial charge in [0.1, 0.15) is 0 Å². The van der Waals surface area contributed by atoms with Crippen LogP contribution in [0, 0.1) is 6.92 Å². The Morgan fingerprint density at radius 2 is 2.12 bits per heavy atom. The summed E-state index contributed by atoms with van der Waals surface area (Å²) in [6.45, 7) is 4.82. The number of rotatable bonds is 7. The lowest BCUT2D eigenvalue weighted by molar-refractivity contribution is 0.192. The molecule has 0 spiro atoms. The van der Waals surface area contributed by atoms with Gasteiger partial charge in [-0.15, -0.1) is 0 Å². The van der Waals surface area contributed by atoms with Crippen LogP contribution in [0.25, 0.3) is 0 Å². The molecule has 90 valence electrons. The van der Waals surface area contributed by atoms with Crippen molar-refractivity contribution >= 4 is 11.6 Å². The molecule has 1 aromatic rings. The van der Waals surface area contributed by atoms with Crippen molar-refractivity contribution in [2.75, 3.05) is 20.3 Å². The highest BCUT2D eigenvalue weighted by Gasteiger charge is 1.97. The number of nitrogens with one attached hydrogen (secondary N) is 1. The number of aryl methyl sites for hydroxylation is 1. The third-order valence-corrected chi connectivity index (χ3v) is 2.93. The highest BCUT2D eigenvalue weighted by molar-refractivity contribution is 6.31. The summed E-state index contributed by atoms with van der Waals surface area (Å²) in [6.07, 6.45) is 2.27. The van der Waals surface area contributed by atoms with E-state index < -0.39 is 0 Å². The zero-order chi connectivity index (χ0) is 11.8. The molecule has 0 bridgehead atoms. The van der Waals surface area contributed by atoms with Crippen molar-refractivity contribution in [3.05, 3.63) is 34.3 Å². The van der Waals surface area contributed by atoms with Gasteiger partial charge in [-0.1, -0.05) is 23.7 Å². The normalized spacial score (nSPS) is 10.7. The van der Waals surface area contributed by atoms with Crippen LogP contribution in [0.3, 0.4) is 0 Å². The second kappa shape index (κ2) is 7.66. The smallest absolute Gasteiger partial charge is 0.0462 e. The van der Waals surface area contributed by atoms with Gasteiger partial charge in [0.15, 0.2) is 0 Å². The van der Waals surface area contributed by atoms with E-state index in [2.05, 4.69) is 17.4 Å². The lowest BCUT2D eigenvalue weighted by atomic mass is 10.1. The van der Waals surface area contributed by atoms with Crippen molar-refractivity contribution in [1.29, 1.82) is 0 Å². The zero-order valence-corrected chi connectivity index (χ0v) is 10.8. The minimum atomic E-state index is 0.837. The average molecular weight is 242 g/mol. The minimum Gasteiger partial charge on any atom is -0.385 e. The Bertz CT molecular complexity index is 315. The first-order chi connectivity index (χ1) is 7.74. The number of benzene rings is 1. The van der Waals surface area contributed by atoms with E-state index in [9.17, 15) is 0 Å². The Balaban J connectivity index is 2.19. The Kier molecular flexibility index (Phi) is 6.46. The molecule has 0 fully saturated rings. The van der Waals surface area contributed by atoms with Crippen LogP contribution < -0.4 is 5.32 Å². The maximum Gasteiger partial charge on any atom is 0.0462 e. The number of unbranched alkanes of at least 4 members (excludes halogenated alkanes) is 1. The maximum atomic E-state index is 5.96. The van der Waals surface area contributed by atoms with Gasteiger partial charge in [-0.25, -0.2) is 0 Å². The summed E-state index contributed by atoms with van der Waals surface area (Å²) in [6, 6.07) is 6.15. The van der Waals surface area contributed by atoms with Gasteiger partial charge in [0.05, 0.1) is 0 Å². The van der Waals surface area contributed by atoms with Gasteiger partial charge in [0.25, 0.3) is 0 Å². The fourth-order valence-corrected chi connectivity index (χ4v) is 1.66. The van der Waals surface area contributed by atoms with Gasteiger partial charge in [0.2, 0.25) is 0 Å². The predicted octanol–water partition coefficient (Wildman–Crippen LogP) is 3.16. The molecule has 0 saturated heterocycles. The molecule has 1 N–H and O–H groups in total. The first-order valence-electron chi connectivity index (χ1n) is 5.68. The van der Waals surface area contributed by atoms with Crippen molar-refractivity contribution in [3.8, 4) is 0 Å². The summed E-state index contributed by atoms with van der Waals surface area (Å²) in [7, 11) is 1.74. The number of methoxy groups -OCH3 is 1. The second-order valence-electron chi connectivity index (χ2n) is 3.96. The summed E-state index contributed by atoms with van der Waals surface area (Å²) in [5, 5.41) is 4.25. The molecule has 0 radical (unpaired) electrons. The molecule has 1 aromatic carbocycles. The molecule has 0 aliphatic carbocycles. The third kappa shape index (κ3) is 4.97. The van der Waals surface area contributed by atoms with E-state index in [0.29, 0.717) is 0 Å². The van der Waals surface area contributed by atoms with Crippen LogP contribution in [0.4, 0.5) is 0 Å². The fraction of sp³-hybridized carbons (Fsp3) is 0.538. The van der Waals surface area contributed by atoms with Crippen LogP contribution in [0.1, 0.15) is 24.0 Å². The van der Waals surface area contributed by atoms with Crippen molar-refractivity contribution in [3.63, 3.8) is 0 Å². The Hall–Kier alpha value is -0.570. The molecule has 0 aliphatic heterocycles. The van der Waals surface area contributed by atoms with E-state index in [1.54, 1.807) is 7.11 Å². The molecule has 0 heterocycles. The first kappa shape index (κ1) is 13.5. The third-order valence-electron chi connectivity index (χ3n) is 2.50. The molecule has 2 nitrogen and oxygen atoms in total. The Labute approximate surface area is 103 Å². The quantitative estimate of drug-likeness (QED) is 0.741. The molecule has 16 heavy (non-hydrogen) atoms. The van der Waals surface area contributed by atoms with E-state index in [-0.39, 0.29) is 0 Å². The van der Waals surface area contributed by atoms with Gasteiger partial charge in [-0.05, 0) is 43.5 Å². The summed E-state index contributed by atoms with van der Waals surface area (Å²) < 4.78 is 4.99. The van der Waals surface area contributed by atoms with Crippen LogP contribution in [0.2, 0.25) is 5.02 Å². The Morgan fingerprint density at radius 1 is 1.31 bits per heavy atom. The van der Waals surface area contributed by atoms with E-state index >= 15 is 0 Å². The standard InChI is InChI=1S/C13H20ClNO/c1-11-9-12(5-6-13(11)14)10-15-7-3-4-8-16-2/h5-6,9,15H,3-4,7-8,10H2,1-2H3. The summed E-state index contributed by atoms with van der Waals surface area (Å²) in [5.41, 5.74) is 2.42. The molecule has 0 amide bonds. The van der Waals surface area contributed by atoms with E-state index in [1.165, 1.54) is 5.56 Å². The highest BCUT2D eigenvalue weighted by atomic mass is 35.5. The average Bonchev–Trinajstić information content (AvgIpc) is 2.28. The number of ether oxygens (including phenoxy) is 1. The second-order valence-corrected chi connectivity index (χ2v) is 4.37. The number of hydrogen-bond acceptors (Lipinski definition) is 2. The van der Waals surface area contributed by atoms with Gasteiger partial charge in [-0.2, -0.15) is 0 Å². The molecule has 0 atom stereocenters. The summed E-state index contributed by atoms with van der Waals surface area (Å²) in [4.78, 5) is 0. The van der Waals surface area contributed by atoms with Crippen molar-refractivity contribution in [2.45, 2.75) is 26.3 Å². The lowest BCUT2D eigenvalue weighted by Gasteiger charge is -2.06. The monoisotopic (exact) mass is 241 g/mol. The lowest BCUT2D eigenvalue weighted by Crippen LogP contribution is -2.15. The number of hydrogen-bond donors (Lipinski definition) is 1. The van der Waals surface area contributed by atoms with Gasteiger partial charge >= 0.3 is 0 Å². The predicted molar refractivity (Wildman–Crippen MR) is 69.0 cm³/mol. The topological polar surface area (TPSA) is 21.3 Å². The van der Waals surface area contributed by atoms with Crippen molar-refractivity contribution < 1.29 is 4.74 Å². The minimum absolute atomic E-state index is 0.837. The van der Waals surface area contributed by atoms with Crippen LogP contribution >= 0.6 is 11.6 Å². The van der Waals surface area contributed by atoms with E-state index in [4.69, 9.17) is 16.3 Å². The number of halogens is 1. The molecule has 3 heteroatoms. The van der Waals surface area contributed by atoms with Gasteiger partial charge in [0, 0.05) is 25.3 Å². The van der Waals surface area contributed by atoms with Gasteiger partial charge < -0.3 is 10.1 Å². The first-order valence-corrected chi connectivity index (χ1v) is 6.06. The SMILES string of the molecule is COCCCCNCc1ccc(Cl)c(C)c1. The van der Waals surface area contributed by atoms with Crippen LogP contribution in [-0.2, 0) is 11.3 Å². The Morgan fingerprint density at radius 3 is 2.81 bits per heavy atom. The summed E-state index contributed by atoms with van der Waals surface area (Å²) >= 11 is 5.96. The summed E-state index contributed by atoms with van der Waals surface area (Å²) in [5.74, 6) is 0. The molecule has 0 unspecified atom stereocenters. The molecular weight excluding hydrogens is 222 g/mol. The zero-order valence-electron chi connectivity index (χ0n) is 10.1. The van der Waals surface area contributed by atoms with Crippen molar-refractivity contribution in [1.82, 2.24) is 5.32 Å². The van der Waals surface area contributed by atoms with Crippen LogP contribution in [0.15, 0.2) is 18.2 Å². The van der Waals surface area contributed by atoms with E-state index in [1.807, 2.05) is 13.0 Å². The van der Waals surface area contributed by atoms with Crippen molar-refractivity contribution in [2.24, 2.45) is 0 Å². The van der Waals surface area contributed by atoms with E-state index in [0.717, 1.165) is 43.1 Å². The fourth-order valence-electron chi connectivity index (χ4n) is 1.55. The van der Waals surface area contributed by atoms with Crippen LogP contribution in [-0.4, -0.2) is 20.3 Å². The maximum absolute atomic E-state index is 5.96. The highest BCUT2D eigenvalue weighted by Crippen LogP contribution is 2.15. The van der Waals surface area contributed by atoms with Crippen LogP contribution in [0.5, 0.6) is 0 Å². The largest absolute Gasteiger partial charge is 0.385 e. The molecule has 0 saturated carbocycles. The van der Waals surface area contributed by atoms with Gasteiger partial charge in [-0.3, -0.25) is 0 Å².